The molecule has 0 N–H and O–H groups in total. The highest BCUT2D eigenvalue weighted by Gasteiger charge is 2.18. The fraction of sp³-hybridized carbons (Fsp3) is 0.222. The lowest BCUT2D eigenvalue weighted by Gasteiger charge is -2.19. The van der Waals surface area contributed by atoms with Crippen molar-refractivity contribution in [2.75, 3.05) is 20.7 Å². The molecule has 2 aromatic carbocycles. The van der Waals surface area contributed by atoms with Crippen molar-refractivity contribution in [3.8, 4) is 5.75 Å². The van der Waals surface area contributed by atoms with E-state index in [1.807, 2.05) is 61.7 Å². The van der Waals surface area contributed by atoms with E-state index in [1.54, 1.807) is 7.11 Å². The number of ether oxygens (including phenoxy) is 1. The second kappa shape index (κ2) is 10.6. The van der Waals surface area contributed by atoms with Crippen LogP contribution in [0.5, 0.6) is 5.75 Å². The normalized spacial score (nSPS) is 13.8. The van der Waals surface area contributed by atoms with Gasteiger partial charge in [0.15, 0.2) is 5.78 Å². The molecule has 3 heteroatoms. The van der Waals surface area contributed by atoms with Gasteiger partial charge in [-0.3, -0.25) is 9.69 Å². The molecule has 0 radical (unpaired) electrons. The smallest absolute Gasteiger partial charge is 0.190 e. The SMILES string of the molecule is C=C(CN(C)Cc1ccccc1)C(=O)/C(=C\c1ccc(OC)cc1)C1=CCCC=C1. The number of allylic oxidation sites excluding steroid dienone is 5. The third-order valence-corrected chi connectivity index (χ3v) is 5.05. The largest absolute Gasteiger partial charge is 0.497 e. The van der Waals surface area contributed by atoms with Gasteiger partial charge in [-0.25, -0.2) is 0 Å². The Hall–Kier alpha value is -3.17. The molecule has 0 saturated heterocycles. The minimum absolute atomic E-state index is 0.0106. The van der Waals surface area contributed by atoms with Crippen LogP contribution < -0.4 is 4.74 Å². The summed E-state index contributed by atoms with van der Waals surface area (Å²) < 4.78 is 5.24. The van der Waals surface area contributed by atoms with E-state index in [0.717, 1.165) is 36.3 Å². The molecule has 2 aromatic rings. The molecular weight excluding hydrogens is 370 g/mol. The number of hydrogen-bond donors (Lipinski definition) is 0. The molecule has 0 unspecified atom stereocenters. The summed E-state index contributed by atoms with van der Waals surface area (Å²) in [6.07, 6.45) is 10.2. The fourth-order valence-electron chi connectivity index (χ4n) is 3.50. The highest BCUT2D eigenvalue weighted by molar-refractivity contribution is 6.14. The van der Waals surface area contributed by atoms with E-state index < -0.39 is 0 Å². The summed E-state index contributed by atoms with van der Waals surface area (Å²) in [6, 6.07) is 18.0. The van der Waals surface area contributed by atoms with E-state index in [0.29, 0.717) is 17.7 Å². The lowest BCUT2D eigenvalue weighted by Crippen LogP contribution is -2.24. The zero-order valence-electron chi connectivity index (χ0n) is 17.8. The van der Waals surface area contributed by atoms with Gasteiger partial charge in [0, 0.05) is 24.2 Å². The zero-order valence-corrected chi connectivity index (χ0v) is 17.8. The highest BCUT2D eigenvalue weighted by Crippen LogP contribution is 2.25. The van der Waals surface area contributed by atoms with Gasteiger partial charge in [-0.1, -0.05) is 67.3 Å². The average molecular weight is 400 g/mol. The van der Waals surface area contributed by atoms with Crippen molar-refractivity contribution in [1.82, 2.24) is 4.90 Å². The van der Waals surface area contributed by atoms with Crippen molar-refractivity contribution < 1.29 is 9.53 Å². The van der Waals surface area contributed by atoms with E-state index in [9.17, 15) is 4.79 Å². The summed E-state index contributed by atoms with van der Waals surface area (Å²) in [5, 5.41) is 0. The number of likely N-dealkylation sites (N-methyl/N-ethyl adjacent to an activating group) is 1. The maximum Gasteiger partial charge on any atom is 0.190 e. The summed E-state index contributed by atoms with van der Waals surface area (Å²) in [7, 11) is 3.66. The standard InChI is InChI=1S/C27H29NO2/c1-21(19-28(2)20-23-10-6-4-7-11-23)27(29)26(24-12-8-5-9-13-24)18-22-14-16-25(30-3)17-15-22/h4,6-8,10-18H,1,5,9,19-20H2,2-3H3/b26-18-. The van der Waals surface area contributed by atoms with E-state index >= 15 is 0 Å². The van der Waals surface area contributed by atoms with Gasteiger partial charge in [0.2, 0.25) is 0 Å². The predicted molar refractivity (Wildman–Crippen MR) is 124 cm³/mol. The first-order valence-corrected chi connectivity index (χ1v) is 10.2. The predicted octanol–water partition coefficient (Wildman–Crippen LogP) is 5.61. The Bertz CT molecular complexity index is 966. The van der Waals surface area contributed by atoms with Crippen molar-refractivity contribution in [2.45, 2.75) is 19.4 Å². The van der Waals surface area contributed by atoms with Crippen molar-refractivity contribution in [2.24, 2.45) is 0 Å². The third kappa shape index (κ3) is 5.91. The maximum absolute atomic E-state index is 13.4. The molecule has 3 rings (SSSR count). The van der Waals surface area contributed by atoms with Gasteiger partial charge in [-0.15, -0.1) is 0 Å². The third-order valence-electron chi connectivity index (χ3n) is 5.05. The maximum atomic E-state index is 13.4. The Balaban J connectivity index is 1.78. The van der Waals surface area contributed by atoms with Crippen LogP contribution in [0, 0.1) is 0 Å². The van der Waals surface area contributed by atoms with Crippen molar-refractivity contribution in [1.29, 1.82) is 0 Å². The van der Waals surface area contributed by atoms with E-state index in [1.165, 1.54) is 5.56 Å². The monoisotopic (exact) mass is 399 g/mol. The molecule has 3 nitrogen and oxygen atoms in total. The van der Waals surface area contributed by atoms with Gasteiger partial charge in [-0.2, -0.15) is 0 Å². The number of hydrogen-bond acceptors (Lipinski definition) is 3. The summed E-state index contributed by atoms with van der Waals surface area (Å²) in [5.41, 5.74) is 4.42. The number of methoxy groups -OCH3 is 1. The van der Waals surface area contributed by atoms with E-state index in [4.69, 9.17) is 4.74 Å². The number of ketones is 1. The Morgan fingerprint density at radius 1 is 1.10 bits per heavy atom. The van der Waals surface area contributed by atoms with Crippen LogP contribution >= 0.6 is 0 Å². The Morgan fingerprint density at radius 3 is 2.47 bits per heavy atom. The van der Waals surface area contributed by atoms with Crippen LogP contribution in [0.15, 0.2) is 96.1 Å². The number of nitrogens with zero attached hydrogens (tertiary/aromatic N) is 1. The Kier molecular flexibility index (Phi) is 7.58. The van der Waals surface area contributed by atoms with Crippen LogP contribution in [-0.2, 0) is 11.3 Å². The Morgan fingerprint density at radius 2 is 1.83 bits per heavy atom. The van der Waals surface area contributed by atoms with Crippen LogP contribution in [0.25, 0.3) is 6.08 Å². The number of carbonyl (C=O) groups is 1. The number of Topliss-reactive ketones (excluding diaryl/α,β-unsaturated/α-hetero) is 1. The molecule has 154 valence electrons. The first kappa shape index (κ1) is 21.5. The average Bonchev–Trinajstić information content (AvgIpc) is 2.78. The Labute approximate surface area is 179 Å². The van der Waals surface area contributed by atoms with Crippen LogP contribution in [0.1, 0.15) is 24.0 Å². The molecule has 30 heavy (non-hydrogen) atoms. The highest BCUT2D eigenvalue weighted by atomic mass is 16.5. The molecule has 0 saturated carbocycles. The first-order valence-electron chi connectivity index (χ1n) is 10.2. The topological polar surface area (TPSA) is 29.5 Å². The van der Waals surface area contributed by atoms with Gasteiger partial charge in [0.1, 0.15) is 5.75 Å². The molecule has 0 bridgehead atoms. The molecule has 0 heterocycles. The molecule has 0 fully saturated rings. The minimum atomic E-state index is -0.0106. The molecule has 1 aliphatic rings. The number of rotatable bonds is 9. The summed E-state index contributed by atoms with van der Waals surface area (Å²) in [6.45, 7) is 5.41. The van der Waals surface area contributed by atoms with Crippen LogP contribution in [0.2, 0.25) is 0 Å². The van der Waals surface area contributed by atoms with Crippen LogP contribution in [0.3, 0.4) is 0 Å². The number of benzene rings is 2. The lowest BCUT2D eigenvalue weighted by atomic mass is 9.91. The minimum Gasteiger partial charge on any atom is -0.497 e. The van der Waals surface area contributed by atoms with Gasteiger partial charge in [-0.05, 0) is 54.8 Å². The molecule has 0 amide bonds. The molecule has 0 spiro atoms. The van der Waals surface area contributed by atoms with Crippen LogP contribution in [-0.4, -0.2) is 31.4 Å². The molecule has 0 aromatic heterocycles. The van der Waals surface area contributed by atoms with Crippen molar-refractivity contribution in [3.05, 3.63) is 107 Å². The quantitative estimate of drug-likeness (QED) is 0.513. The summed E-state index contributed by atoms with van der Waals surface area (Å²) in [5.74, 6) is 0.785. The van der Waals surface area contributed by atoms with E-state index in [2.05, 4.69) is 35.8 Å². The second-order valence-corrected chi connectivity index (χ2v) is 7.56. The van der Waals surface area contributed by atoms with Crippen molar-refractivity contribution in [3.63, 3.8) is 0 Å². The summed E-state index contributed by atoms with van der Waals surface area (Å²) in [4.78, 5) is 15.5. The summed E-state index contributed by atoms with van der Waals surface area (Å²) >= 11 is 0. The number of carbonyl (C=O) groups excluding carboxylic acids is 1. The molecular formula is C27H29NO2. The van der Waals surface area contributed by atoms with E-state index in [-0.39, 0.29) is 5.78 Å². The molecule has 1 aliphatic carbocycles. The van der Waals surface area contributed by atoms with Gasteiger partial charge >= 0.3 is 0 Å². The second-order valence-electron chi connectivity index (χ2n) is 7.56. The van der Waals surface area contributed by atoms with Gasteiger partial charge in [0.05, 0.1) is 7.11 Å². The zero-order chi connectivity index (χ0) is 21.3. The lowest BCUT2D eigenvalue weighted by molar-refractivity contribution is -0.112. The molecule has 0 atom stereocenters. The fourth-order valence-corrected chi connectivity index (χ4v) is 3.50. The van der Waals surface area contributed by atoms with Gasteiger partial charge < -0.3 is 4.74 Å². The molecule has 0 aliphatic heterocycles. The van der Waals surface area contributed by atoms with Gasteiger partial charge in [0.25, 0.3) is 0 Å². The first-order chi connectivity index (χ1) is 14.6. The van der Waals surface area contributed by atoms with Crippen molar-refractivity contribution >= 4 is 11.9 Å². The van der Waals surface area contributed by atoms with Crippen LogP contribution in [0.4, 0.5) is 0 Å².